The fourth-order valence-corrected chi connectivity index (χ4v) is 2.43. The van der Waals surface area contributed by atoms with Gasteiger partial charge in [0.2, 0.25) is 0 Å². The largest absolute Gasteiger partial charge is 0.481 e. The second kappa shape index (κ2) is 6.81. The van der Waals surface area contributed by atoms with Crippen LogP contribution in [0.3, 0.4) is 0 Å². The summed E-state index contributed by atoms with van der Waals surface area (Å²) in [5, 5.41) is 21.1. The Morgan fingerprint density at radius 1 is 1.40 bits per heavy atom. The van der Waals surface area contributed by atoms with Gasteiger partial charge in [-0.25, -0.2) is 4.68 Å². The van der Waals surface area contributed by atoms with E-state index in [1.165, 1.54) is 0 Å². The van der Waals surface area contributed by atoms with E-state index < -0.39 is 11.9 Å². The van der Waals surface area contributed by atoms with Gasteiger partial charge < -0.3 is 5.11 Å². The average molecular weight is 282 g/mol. The first-order valence-electron chi connectivity index (χ1n) is 7.23. The van der Waals surface area contributed by atoms with Gasteiger partial charge in [-0.05, 0) is 28.7 Å². The summed E-state index contributed by atoms with van der Waals surface area (Å²) >= 11 is 0. The SMILES string of the molecule is CCCC(C)c1nnnn1CC(CC(C)(C)C)C(=O)O. The van der Waals surface area contributed by atoms with Crippen molar-refractivity contribution in [2.75, 3.05) is 0 Å². The first kappa shape index (κ1) is 16.6. The van der Waals surface area contributed by atoms with Gasteiger partial charge in [0.1, 0.15) is 0 Å². The van der Waals surface area contributed by atoms with Crippen LogP contribution in [-0.4, -0.2) is 31.3 Å². The maximum atomic E-state index is 11.4. The van der Waals surface area contributed by atoms with E-state index in [9.17, 15) is 9.90 Å². The van der Waals surface area contributed by atoms with Gasteiger partial charge in [-0.2, -0.15) is 0 Å². The minimum Gasteiger partial charge on any atom is -0.481 e. The molecule has 20 heavy (non-hydrogen) atoms. The molecule has 6 heteroatoms. The van der Waals surface area contributed by atoms with Gasteiger partial charge in [-0.3, -0.25) is 4.79 Å². The fraction of sp³-hybridized carbons (Fsp3) is 0.857. The molecular formula is C14H26N4O2. The summed E-state index contributed by atoms with van der Waals surface area (Å²) in [6.07, 6.45) is 2.65. The van der Waals surface area contributed by atoms with Crippen molar-refractivity contribution in [3.8, 4) is 0 Å². The van der Waals surface area contributed by atoms with Crippen LogP contribution >= 0.6 is 0 Å². The van der Waals surface area contributed by atoms with Crippen LogP contribution in [-0.2, 0) is 11.3 Å². The smallest absolute Gasteiger partial charge is 0.308 e. The van der Waals surface area contributed by atoms with E-state index in [1.807, 2.05) is 20.8 Å². The van der Waals surface area contributed by atoms with Crippen LogP contribution < -0.4 is 0 Å². The Bertz CT molecular complexity index is 437. The number of hydrogen-bond acceptors (Lipinski definition) is 4. The van der Waals surface area contributed by atoms with Crippen molar-refractivity contribution < 1.29 is 9.90 Å². The standard InChI is InChI=1S/C14H26N4O2/c1-6-7-10(2)12-15-16-17-18(12)9-11(13(19)20)8-14(3,4)5/h10-11H,6-9H2,1-5H3,(H,19,20). The second-order valence-electron chi connectivity index (χ2n) is 6.71. The summed E-state index contributed by atoms with van der Waals surface area (Å²) in [5.41, 5.74) is -0.0355. The minimum atomic E-state index is -0.787. The van der Waals surface area contributed by atoms with Crippen molar-refractivity contribution in [2.45, 2.75) is 66.3 Å². The molecule has 0 amide bonds. The first-order valence-corrected chi connectivity index (χ1v) is 7.23. The molecule has 0 radical (unpaired) electrons. The molecule has 0 fully saturated rings. The van der Waals surface area contributed by atoms with E-state index in [0.29, 0.717) is 13.0 Å². The number of carbonyl (C=O) groups is 1. The Hall–Kier alpha value is -1.46. The summed E-state index contributed by atoms with van der Waals surface area (Å²) in [7, 11) is 0. The Kier molecular flexibility index (Phi) is 5.65. The number of carboxylic acids is 1. The van der Waals surface area contributed by atoms with Crippen molar-refractivity contribution in [1.82, 2.24) is 20.2 Å². The Labute approximate surface area is 120 Å². The molecule has 1 aromatic rings. The number of nitrogens with zero attached hydrogens (tertiary/aromatic N) is 4. The van der Waals surface area contributed by atoms with Crippen molar-refractivity contribution in [1.29, 1.82) is 0 Å². The minimum absolute atomic E-state index is 0.0355. The number of carboxylic acid groups (broad SMARTS) is 1. The Morgan fingerprint density at radius 2 is 2.05 bits per heavy atom. The predicted octanol–water partition coefficient (Wildman–Crippen LogP) is 2.71. The third-order valence-electron chi connectivity index (χ3n) is 3.32. The van der Waals surface area contributed by atoms with Crippen LogP contribution in [0.25, 0.3) is 0 Å². The molecule has 0 spiro atoms. The second-order valence-corrected chi connectivity index (χ2v) is 6.71. The molecule has 0 aromatic carbocycles. The molecule has 2 unspecified atom stereocenters. The number of rotatable bonds is 7. The lowest BCUT2D eigenvalue weighted by molar-refractivity contribution is -0.143. The van der Waals surface area contributed by atoms with Crippen molar-refractivity contribution in [3.63, 3.8) is 0 Å². The molecule has 114 valence electrons. The van der Waals surface area contributed by atoms with E-state index in [2.05, 4.69) is 29.4 Å². The maximum Gasteiger partial charge on any atom is 0.308 e. The third-order valence-corrected chi connectivity index (χ3v) is 3.32. The lowest BCUT2D eigenvalue weighted by atomic mass is 9.84. The van der Waals surface area contributed by atoms with Gasteiger partial charge >= 0.3 is 5.97 Å². The Morgan fingerprint density at radius 3 is 2.55 bits per heavy atom. The zero-order valence-electron chi connectivity index (χ0n) is 13.1. The van der Waals surface area contributed by atoms with Gasteiger partial charge in [0.15, 0.2) is 5.82 Å². The van der Waals surface area contributed by atoms with Crippen molar-refractivity contribution in [2.24, 2.45) is 11.3 Å². The lowest BCUT2D eigenvalue weighted by Crippen LogP contribution is -2.27. The van der Waals surface area contributed by atoms with Crippen LogP contribution in [0.2, 0.25) is 0 Å². The lowest BCUT2D eigenvalue weighted by Gasteiger charge is -2.23. The molecule has 1 heterocycles. The van der Waals surface area contributed by atoms with Crippen LogP contribution in [0.15, 0.2) is 0 Å². The third kappa shape index (κ3) is 4.90. The molecule has 1 rings (SSSR count). The van der Waals surface area contributed by atoms with E-state index in [1.54, 1.807) is 4.68 Å². The van der Waals surface area contributed by atoms with Crippen LogP contribution in [0.5, 0.6) is 0 Å². The van der Waals surface area contributed by atoms with Crippen LogP contribution in [0.1, 0.15) is 65.6 Å². The van der Waals surface area contributed by atoms with E-state index in [0.717, 1.165) is 18.7 Å². The van der Waals surface area contributed by atoms with Gasteiger partial charge in [-0.1, -0.05) is 41.0 Å². The van der Waals surface area contributed by atoms with Crippen molar-refractivity contribution >= 4 is 5.97 Å². The first-order chi connectivity index (χ1) is 9.24. The number of hydrogen-bond donors (Lipinski definition) is 1. The Balaban J connectivity index is 2.84. The molecule has 1 N–H and O–H groups in total. The highest BCUT2D eigenvalue weighted by Crippen LogP contribution is 2.26. The maximum absolute atomic E-state index is 11.4. The summed E-state index contributed by atoms with van der Waals surface area (Å²) in [5.74, 6) is -0.221. The monoisotopic (exact) mass is 282 g/mol. The van der Waals surface area contributed by atoms with E-state index in [4.69, 9.17) is 0 Å². The van der Waals surface area contributed by atoms with Gasteiger partial charge in [0.05, 0.1) is 12.5 Å². The van der Waals surface area contributed by atoms with Gasteiger partial charge in [-0.15, -0.1) is 5.10 Å². The highest BCUT2D eigenvalue weighted by atomic mass is 16.4. The average Bonchev–Trinajstić information content (AvgIpc) is 2.74. The molecule has 2 atom stereocenters. The van der Waals surface area contributed by atoms with E-state index in [-0.39, 0.29) is 11.3 Å². The zero-order chi connectivity index (χ0) is 15.3. The van der Waals surface area contributed by atoms with Crippen LogP contribution in [0.4, 0.5) is 0 Å². The summed E-state index contributed by atoms with van der Waals surface area (Å²) in [4.78, 5) is 11.4. The number of aliphatic carboxylic acids is 1. The topological polar surface area (TPSA) is 80.9 Å². The number of tetrazole rings is 1. The molecule has 0 aliphatic rings. The van der Waals surface area contributed by atoms with Gasteiger partial charge in [0, 0.05) is 5.92 Å². The van der Waals surface area contributed by atoms with Crippen molar-refractivity contribution in [3.05, 3.63) is 5.82 Å². The predicted molar refractivity (Wildman–Crippen MR) is 76.3 cm³/mol. The van der Waals surface area contributed by atoms with Crippen LogP contribution in [0, 0.1) is 11.3 Å². The zero-order valence-corrected chi connectivity index (χ0v) is 13.1. The molecule has 6 nitrogen and oxygen atoms in total. The summed E-state index contributed by atoms with van der Waals surface area (Å²) in [6, 6.07) is 0. The highest BCUT2D eigenvalue weighted by Gasteiger charge is 2.27. The molecule has 0 bridgehead atoms. The summed E-state index contributed by atoms with van der Waals surface area (Å²) < 4.78 is 1.66. The van der Waals surface area contributed by atoms with Gasteiger partial charge in [0.25, 0.3) is 0 Å². The molecule has 0 saturated carbocycles. The normalized spacial score (nSPS) is 15.1. The molecule has 0 saturated heterocycles. The molecule has 0 aliphatic carbocycles. The quantitative estimate of drug-likeness (QED) is 0.831. The number of aromatic nitrogens is 4. The fourth-order valence-electron chi connectivity index (χ4n) is 2.43. The molecule has 0 aliphatic heterocycles. The summed E-state index contributed by atoms with van der Waals surface area (Å²) in [6.45, 7) is 10.7. The van der Waals surface area contributed by atoms with E-state index >= 15 is 0 Å². The molecule has 1 aromatic heterocycles. The molecular weight excluding hydrogens is 256 g/mol. The highest BCUT2D eigenvalue weighted by molar-refractivity contribution is 5.69.